The lowest BCUT2D eigenvalue weighted by atomic mass is 10.1. The SMILES string of the molecule is Cc1ccc(-c2nnn(CC(=O)N3CCC(C(=O)O)C3)n2)cc1. The molecule has 1 atom stereocenters. The Bertz CT molecular complexity index is 725. The average molecular weight is 315 g/mol. The molecule has 0 spiro atoms. The Kier molecular flexibility index (Phi) is 4.05. The number of aromatic nitrogens is 4. The van der Waals surface area contributed by atoms with E-state index in [9.17, 15) is 9.59 Å². The topological polar surface area (TPSA) is 101 Å². The molecule has 0 aliphatic carbocycles. The summed E-state index contributed by atoms with van der Waals surface area (Å²) in [7, 11) is 0. The van der Waals surface area contributed by atoms with Gasteiger partial charge in [0.2, 0.25) is 11.7 Å². The van der Waals surface area contributed by atoms with Crippen LogP contribution in [0.1, 0.15) is 12.0 Å². The minimum absolute atomic E-state index is 0.0365. The summed E-state index contributed by atoms with van der Waals surface area (Å²) in [5.41, 5.74) is 1.97. The van der Waals surface area contributed by atoms with Crippen LogP contribution in [0.2, 0.25) is 0 Å². The minimum atomic E-state index is -0.860. The van der Waals surface area contributed by atoms with E-state index >= 15 is 0 Å². The fourth-order valence-corrected chi connectivity index (χ4v) is 2.54. The predicted molar refractivity (Wildman–Crippen MR) is 80.3 cm³/mol. The third-order valence-electron chi connectivity index (χ3n) is 3.93. The van der Waals surface area contributed by atoms with Crippen LogP contribution in [0.4, 0.5) is 0 Å². The fourth-order valence-electron chi connectivity index (χ4n) is 2.54. The van der Waals surface area contributed by atoms with E-state index in [4.69, 9.17) is 5.11 Å². The van der Waals surface area contributed by atoms with Crippen LogP contribution >= 0.6 is 0 Å². The molecule has 1 aliphatic heterocycles. The third-order valence-corrected chi connectivity index (χ3v) is 3.93. The van der Waals surface area contributed by atoms with Crippen LogP contribution in [0.25, 0.3) is 11.4 Å². The molecule has 2 aromatic rings. The van der Waals surface area contributed by atoms with Crippen molar-refractivity contribution in [2.45, 2.75) is 19.9 Å². The van der Waals surface area contributed by atoms with Gasteiger partial charge in [0.15, 0.2) is 0 Å². The quantitative estimate of drug-likeness (QED) is 0.885. The molecule has 1 aromatic carbocycles. The first-order valence-electron chi connectivity index (χ1n) is 7.38. The largest absolute Gasteiger partial charge is 0.481 e. The second-order valence-electron chi connectivity index (χ2n) is 5.67. The van der Waals surface area contributed by atoms with E-state index in [0.29, 0.717) is 18.8 Å². The number of likely N-dealkylation sites (tertiary alicyclic amines) is 1. The lowest BCUT2D eigenvalue weighted by Gasteiger charge is -2.14. The maximum Gasteiger partial charge on any atom is 0.308 e. The molecule has 1 saturated heterocycles. The van der Waals surface area contributed by atoms with Gasteiger partial charge in [-0.1, -0.05) is 29.8 Å². The Labute approximate surface area is 132 Å². The molecule has 1 fully saturated rings. The number of hydrogen-bond donors (Lipinski definition) is 1. The number of carboxylic acids is 1. The number of aliphatic carboxylic acids is 1. The van der Waals surface area contributed by atoms with Crippen molar-refractivity contribution in [1.82, 2.24) is 25.1 Å². The van der Waals surface area contributed by atoms with E-state index in [1.54, 1.807) is 0 Å². The first-order valence-corrected chi connectivity index (χ1v) is 7.38. The minimum Gasteiger partial charge on any atom is -0.481 e. The summed E-state index contributed by atoms with van der Waals surface area (Å²) in [6.07, 6.45) is 0.487. The van der Waals surface area contributed by atoms with E-state index in [0.717, 1.165) is 11.1 Å². The highest BCUT2D eigenvalue weighted by Gasteiger charge is 2.31. The van der Waals surface area contributed by atoms with Crippen LogP contribution in [0.3, 0.4) is 0 Å². The summed E-state index contributed by atoms with van der Waals surface area (Å²) in [5, 5.41) is 21.0. The molecule has 0 bridgehead atoms. The van der Waals surface area contributed by atoms with Gasteiger partial charge in [0, 0.05) is 18.7 Å². The molecular formula is C15H17N5O3. The van der Waals surface area contributed by atoms with Crippen LogP contribution in [0.15, 0.2) is 24.3 Å². The maximum absolute atomic E-state index is 12.2. The molecule has 8 nitrogen and oxygen atoms in total. The lowest BCUT2D eigenvalue weighted by molar-refractivity contribution is -0.141. The van der Waals surface area contributed by atoms with Gasteiger partial charge in [-0.25, -0.2) is 0 Å². The molecule has 3 rings (SSSR count). The highest BCUT2D eigenvalue weighted by Crippen LogP contribution is 2.17. The van der Waals surface area contributed by atoms with Crippen molar-refractivity contribution in [3.63, 3.8) is 0 Å². The van der Waals surface area contributed by atoms with E-state index < -0.39 is 11.9 Å². The number of rotatable bonds is 4. The van der Waals surface area contributed by atoms with Crippen molar-refractivity contribution in [3.8, 4) is 11.4 Å². The maximum atomic E-state index is 12.2. The van der Waals surface area contributed by atoms with E-state index in [1.165, 1.54) is 9.70 Å². The van der Waals surface area contributed by atoms with Crippen LogP contribution < -0.4 is 0 Å². The second kappa shape index (κ2) is 6.15. The van der Waals surface area contributed by atoms with Crippen LogP contribution in [0, 0.1) is 12.8 Å². The number of carbonyl (C=O) groups excluding carboxylic acids is 1. The standard InChI is InChI=1S/C15H17N5O3/c1-10-2-4-11(5-3-10)14-16-18-20(17-14)9-13(21)19-7-6-12(8-19)15(22)23/h2-5,12H,6-9H2,1H3,(H,22,23). The molecule has 120 valence electrons. The number of tetrazole rings is 1. The zero-order valence-electron chi connectivity index (χ0n) is 12.7. The highest BCUT2D eigenvalue weighted by atomic mass is 16.4. The van der Waals surface area contributed by atoms with Crippen molar-refractivity contribution in [2.75, 3.05) is 13.1 Å². The number of carboxylic acid groups (broad SMARTS) is 1. The van der Waals surface area contributed by atoms with Gasteiger partial charge < -0.3 is 10.0 Å². The molecule has 1 unspecified atom stereocenters. The highest BCUT2D eigenvalue weighted by molar-refractivity contribution is 5.78. The zero-order valence-corrected chi connectivity index (χ0v) is 12.7. The van der Waals surface area contributed by atoms with Crippen LogP contribution in [-0.4, -0.2) is 55.2 Å². The van der Waals surface area contributed by atoms with Crippen molar-refractivity contribution in [3.05, 3.63) is 29.8 Å². The molecule has 8 heteroatoms. The third kappa shape index (κ3) is 3.36. The van der Waals surface area contributed by atoms with Gasteiger partial charge in [-0.15, -0.1) is 10.2 Å². The molecule has 23 heavy (non-hydrogen) atoms. The van der Waals surface area contributed by atoms with Gasteiger partial charge in [-0.2, -0.15) is 4.80 Å². The van der Waals surface area contributed by atoms with Gasteiger partial charge in [0.1, 0.15) is 6.54 Å². The first-order chi connectivity index (χ1) is 11.0. The van der Waals surface area contributed by atoms with Crippen molar-refractivity contribution in [1.29, 1.82) is 0 Å². The number of hydrogen-bond acceptors (Lipinski definition) is 5. The van der Waals surface area contributed by atoms with Crippen molar-refractivity contribution in [2.24, 2.45) is 5.92 Å². The Morgan fingerprint density at radius 2 is 2.04 bits per heavy atom. The summed E-state index contributed by atoms with van der Waals surface area (Å²) >= 11 is 0. The summed E-state index contributed by atoms with van der Waals surface area (Å²) < 4.78 is 0. The van der Waals surface area contributed by atoms with Crippen LogP contribution in [-0.2, 0) is 16.1 Å². The predicted octanol–water partition coefficient (Wildman–Crippen LogP) is 0.582. The first kappa shape index (κ1) is 15.1. The molecule has 0 saturated carbocycles. The Hall–Kier alpha value is -2.77. The summed E-state index contributed by atoms with van der Waals surface area (Å²) in [6, 6.07) is 7.71. The molecule has 1 amide bonds. The van der Waals surface area contributed by atoms with E-state index in [1.807, 2.05) is 31.2 Å². The monoisotopic (exact) mass is 315 g/mol. The van der Waals surface area contributed by atoms with Gasteiger partial charge in [0.25, 0.3) is 0 Å². The normalized spacial score (nSPS) is 17.4. The fraction of sp³-hybridized carbons (Fsp3) is 0.400. The molecule has 0 radical (unpaired) electrons. The summed E-state index contributed by atoms with van der Waals surface area (Å²) in [6.45, 7) is 2.65. The molecule has 2 heterocycles. The number of nitrogens with zero attached hydrogens (tertiary/aromatic N) is 5. The average Bonchev–Trinajstić information content (AvgIpc) is 3.17. The number of benzene rings is 1. The lowest BCUT2D eigenvalue weighted by Crippen LogP contribution is -2.33. The number of carbonyl (C=O) groups is 2. The number of amides is 1. The van der Waals surface area contributed by atoms with Crippen LogP contribution in [0.5, 0.6) is 0 Å². The molecule has 1 aliphatic rings. The Morgan fingerprint density at radius 1 is 1.30 bits per heavy atom. The van der Waals surface area contributed by atoms with Gasteiger partial charge >= 0.3 is 5.97 Å². The Balaban J connectivity index is 1.64. The van der Waals surface area contributed by atoms with Gasteiger partial charge in [0.05, 0.1) is 5.92 Å². The summed E-state index contributed by atoms with van der Waals surface area (Å²) in [5.74, 6) is -1.07. The van der Waals surface area contributed by atoms with Gasteiger partial charge in [-0.3, -0.25) is 9.59 Å². The smallest absolute Gasteiger partial charge is 0.308 e. The van der Waals surface area contributed by atoms with E-state index in [2.05, 4.69) is 15.4 Å². The molecule has 1 aromatic heterocycles. The van der Waals surface area contributed by atoms with Gasteiger partial charge in [-0.05, 0) is 18.6 Å². The number of aryl methyl sites for hydroxylation is 1. The Morgan fingerprint density at radius 3 is 2.70 bits per heavy atom. The molecular weight excluding hydrogens is 298 g/mol. The molecule has 1 N–H and O–H groups in total. The second-order valence-corrected chi connectivity index (χ2v) is 5.67. The zero-order chi connectivity index (χ0) is 16.4. The van der Waals surface area contributed by atoms with Crippen molar-refractivity contribution < 1.29 is 14.7 Å². The van der Waals surface area contributed by atoms with E-state index in [-0.39, 0.29) is 19.0 Å². The summed E-state index contributed by atoms with van der Waals surface area (Å²) in [4.78, 5) is 25.9. The van der Waals surface area contributed by atoms with Crippen molar-refractivity contribution >= 4 is 11.9 Å².